The van der Waals surface area contributed by atoms with Gasteiger partial charge in [0.2, 0.25) is 0 Å². The van der Waals surface area contributed by atoms with Gasteiger partial charge in [-0.05, 0) is 51.3 Å². The Hall–Kier alpha value is -1.51. The van der Waals surface area contributed by atoms with Gasteiger partial charge >= 0.3 is 5.97 Å². The van der Waals surface area contributed by atoms with Crippen LogP contribution < -0.4 is 4.90 Å². The third kappa shape index (κ3) is 6.09. The monoisotopic (exact) mass is 277 g/mol. The third-order valence-corrected chi connectivity index (χ3v) is 3.36. The lowest BCUT2D eigenvalue weighted by atomic mass is 10.1. The summed E-state index contributed by atoms with van der Waals surface area (Å²) in [7, 11) is 0. The molecule has 0 amide bonds. The van der Waals surface area contributed by atoms with E-state index >= 15 is 0 Å². The normalized spacial score (nSPS) is 10.3. The van der Waals surface area contributed by atoms with Crippen LogP contribution in [0.4, 0.5) is 5.69 Å². The molecule has 1 aromatic rings. The first-order valence-corrected chi connectivity index (χ1v) is 7.64. The number of hydrogen-bond acceptors (Lipinski definition) is 3. The van der Waals surface area contributed by atoms with Crippen LogP contribution in [0, 0.1) is 6.92 Å². The van der Waals surface area contributed by atoms with Crippen molar-refractivity contribution in [3.63, 3.8) is 0 Å². The number of carbonyl (C=O) groups is 1. The molecule has 20 heavy (non-hydrogen) atoms. The molecule has 0 saturated carbocycles. The predicted octanol–water partition coefficient (Wildman–Crippen LogP) is 3.94. The second-order valence-electron chi connectivity index (χ2n) is 5.03. The zero-order valence-corrected chi connectivity index (χ0v) is 13.0. The van der Waals surface area contributed by atoms with Gasteiger partial charge in [0.1, 0.15) is 0 Å². The van der Waals surface area contributed by atoms with Crippen LogP contribution in [0.2, 0.25) is 0 Å². The van der Waals surface area contributed by atoms with E-state index in [0.717, 1.165) is 32.4 Å². The van der Waals surface area contributed by atoms with Gasteiger partial charge in [0.25, 0.3) is 0 Å². The first-order chi connectivity index (χ1) is 9.67. The van der Waals surface area contributed by atoms with E-state index in [9.17, 15) is 4.79 Å². The standard InChI is InChI=1S/C17H27NO2/c1-4-18(16-11-9-10-15(3)14-16)13-8-6-7-12-17(19)20-5-2/h9-11,14H,4-8,12-13H2,1-3H3. The average Bonchev–Trinajstić information content (AvgIpc) is 2.43. The first-order valence-electron chi connectivity index (χ1n) is 7.64. The highest BCUT2D eigenvalue weighted by Gasteiger charge is 2.05. The van der Waals surface area contributed by atoms with Crippen LogP contribution >= 0.6 is 0 Å². The van der Waals surface area contributed by atoms with Crippen LogP contribution in [0.1, 0.15) is 45.1 Å². The van der Waals surface area contributed by atoms with E-state index in [2.05, 4.69) is 43.0 Å². The maximum absolute atomic E-state index is 11.2. The van der Waals surface area contributed by atoms with Crippen molar-refractivity contribution in [2.24, 2.45) is 0 Å². The fourth-order valence-corrected chi connectivity index (χ4v) is 2.28. The molecule has 0 unspecified atom stereocenters. The number of anilines is 1. The van der Waals surface area contributed by atoms with E-state index in [1.165, 1.54) is 11.3 Å². The summed E-state index contributed by atoms with van der Waals surface area (Å²) in [6.07, 6.45) is 3.65. The zero-order valence-electron chi connectivity index (χ0n) is 13.0. The predicted molar refractivity (Wildman–Crippen MR) is 84.2 cm³/mol. The summed E-state index contributed by atoms with van der Waals surface area (Å²) >= 11 is 0. The summed E-state index contributed by atoms with van der Waals surface area (Å²) < 4.78 is 4.92. The Balaban J connectivity index is 2.27. The van der Waals surface area contributed by atoms with Gasteiger partial charge in [-0.15, -0.1) is 0 Å². The molecule has 3 nitrogen and oxygen atoms in total. The second kappa shape index (κ2) is 9.40. The highest BCUT2D eigenvalue weighted by molar-refractivity contribution is 5.69. The van der Waals surface area contributed by atoms with Gasteiger partial charge < -0.3 is 9.64 Å². The van der Waals surface area contributed by atoms with E-state index < -0.39 is 0 Å². The van der Waals surface area contributed by atoms with Crippen molar-refractivity contribution >= 4 is 11.7 Å². The number of nitrogens with zero attached hydrogens (tertiary/aromatic N) is 1. The number of rotatable bonds is 9. The van der Waals surface area contributed by atoms with E-state index in [-0.39, 0.29) is 5.97 Å². The number of hydrogen-bond donors (Lipinski definition) is 0. The SMILES string of the molecule is CCOC(=O)CCCCCN(CC)c1cccc(C)c1. The van der Waals surface area contributed by atoms with Crippen LogP contribution in [0.5, 0.6) is 0 Å². The summed E-state index contributed by atoms with van der Waals surface area (Å²) in [5.41, 5.74) is 2.58. The largest absolute Gasteiger partial charge is 0.466 e. The first kappa shape index (κ1) is 16.5. The zero-order chi connectivity index (χ0) is 14.8. The molecule has 0 aliphatic rings. The summed E-state index contributed by atoms with van der Waals surface area (Å²) in [5.74, 6) is -0.0708. The van der Waals surface area contributed by atoms with Gasteiger partial charge in [-0.2, -0.15) is 0 Å². The molecule has 0 N–H and O–H groups in total. The lowest BCUT2D eigenvalue weighted by molar-refractivity contribution is -0.143. The van der Waals surface area contributed by atoms with Crippen molar-refractivity contribution in [1.29, 1.82) is 0 Å². The summed E-state index contributed by atoms with van der Waals surface area (Å²) in [6.45, 7) is 8.69. The minimum Gasteiger partial charge on any atom is -0.466 e. The van der Waals surface area contributed by atoms with Crippen LogP contribution in [-0.4, -0.2) is 25.7 Å². The van der Waals surface area contributed by atoms with Gasteiger partial charge in [0, 0.05) is 25.2 Å². The molecule has 1 aromatic carbocycles. The Morgan fingerprint density at radius 2 is 2.00 bits per heavy atom. The molecule has 0 atom stereocenters. The number of esters is 1. The number of ether oxygens (including phenoxy) is 1. The lowest BCUT2D eigenvalue weighted by Gasteiger charge is -2.23. The van der Waals surface area contributed by atoms with Gasteiger partial charge in [-0.1, -0.05) is 18.6 Å². The van der Waals surface area contributed by atoms with Gasteiger partial charge in [-0.3, -0.25) is 4.79 Å². The second-order valence-corrected chi connectivity index (χ2v) is 5.03. The van der Waals surface area contributed by atoms with Gasteiger partial charge in [0.15, 0.2) is 0 Å². The molecule has 0 aromatic heterocycles. The van der Waals surface area contributed by atoms with E-state index in [1.54, 1.807) is 0 Å². The Morgan fingerprint density at radius 3 is 2.65 bits per heavy atom. The molecule has 0 heterocycles. The maximum atomic E-state index is 11.2. The van der Waals surface area contributed by atoms with Crippen molar-refractivity contribution in [1.82, 2.24) is 0 Å². The van der Waals surface area contributed by atoms with Gasteiger partial charge in [0.05, 0.1) is 6.61 Å². The molecule has 0 bridgehead atoms. The maximum Gasteiger partial charge on any atom is 0.305 e. The van der Waals surface area contributed by atoms with E-state index in [4.69, 9.17) is 4.74 Å². The smallest absolute Gasteiger partial charge is 0.305 e. The highest BCUT2D eigenvalue weighted by atomic mass is 16.5. The molecule has 3 heteroatoms. The third-order valence-electron chi connectivity index (χ3n) is 3.36. The molecule has 0 radical (unpaired) electrons. The number of carbonyl (C=O) groups excluding carboxylic acids is 1. The number of aryl methyl sites for hydroxylation is 1. The van der Waals surface area contributed by atoms with Crippen molar-refractivity contribution in [3.8, 4) is 0 Å². The molecular weight excluding hydrogens is 250 g/mol. The topological polar surface area (TPSA) is 29.5 Å². The van der Waals surface area contributed by atoms with Crippen molar-refractivity contribution in [2.45, 2.75) is 46.5 Å². The molecule has 0 aliphatic carbocycles. The summed E-state index contributed by atoms with van der Waals surface area (Å²) in [4.78, 5) is 13.6. The fraction of sp³-hybridized carbons (Fsp3) is 0.588. The van der Waals surface area contributed by atoms with E-state index in [0.29, 0.717) is 13.0 Å². The van der Waals surface area contributed by atoms with Crippen molar-refractivity contribution in [2.75, 3.05) is 24.6 Å². The summed E-state index contributed by atoms with van der Waals surface area (Å²) in [6, 6.07) is 8.61. The fourth-order valence-electron chi connectivity index (χ4n) is 2.28. The van der Waals surface area contributed by atoms with Crippen LogP contribution in [-0.2, 0) is 9.53 Å². The molecule has 0 saturated heterocycles. The molecule has 112 valence electrons. The van der Waals surface area contributed by atoms with Crippen LogP contribution in [0.3, 0.4) is 0 Å². The Morgan fingerprint density at radius 1 is 1.20 bits per heavy atom. The number of benzene rings is 1. The Kier molecular flexibility index (Phi) is 7.78. The molecular formula is C17H27NO2. The highest BCUT2D eigenvalue weighted by Crippen LogP contribution is 2.16. The molecule has 0 fully saturated rings. The molecule has 0 spiro atoms. The van der Waals surface area contributed by atoms with Crippen molar-refractivity contribution < 1.29 is 9.53 Å². The minimum absolute atomic E-state index is 0.0708. The van der Waals surface area contributed by atoms with Crippen LogP contribution in [0.15, 0.2) is 24.3 Å². The van der Waals surface area contributed by atoms with E-state index in [1.807, 2.05) is 6.92 Å². The minimum atomic E-state index is -0.0708. The number of unbranched alkanes of at least 4 members (excludes halogenated alkanes) is 2. The molecule has 0 aliphatic heterocycles. The Bertz CT molecular complexity index is 404. The quantitative estimate of drug-likeness (QED) is 0.505. The van der Waals surface area contributed by atoms with Gasteiger partial charge in [-0.25, -0.2) is 0 Å². The van der Waals surface area contributed by atoms with Crippen LogP contribution in [0.25, 0.3) is 0 Å². The average molecular weight is 277 g/mol. The van der Waals surface area contributed by atoms with Crippen molar-refractivity contribution in [3.05, 3.63) is 29.8 Å². The molecule has 1 rings (SSSR count). The summed E-state index contributed by atoms with van der Waals surface area (Å²) in [5, 5.41) is 0. The Labute approximate surface area is 122 Å². The lowest BCUT2D eigenvalue weighted by Crippen LogP contribution is -2.23.